The minimum Gasteiger partial charge on any atom is -0.494 e. The third-order valence-electron chi connectivity index (χ3n) is 4.79. The quantitative estimate of drug-likeness (QED) is 0.407. The van der Waals surface area contributed by atoms with E-state index in [2.05, 4.69) is 30.9 Å². The van der Waals surface area contributed by atoms with E-state index in [0.29, 0.717) is 29.4 Å². The molecule has 162 valence electrons. The number of carboxylic acids is 1. The Morgan fingerprint density at radius 3 is 2.66 bits per heavy atom. The summed E-state index contributed by atoms with van der Waals surface area (Å²) >= 11 is 0. The minimum atomic E-state index is -1.26. The maximum Gasteiger partial charge on any atom is 0.358 e. The van der Waals surface area contributed by atoms with Gasteiger partial charge in [-0.3, -0.25) is 9.48 Å². The van der Waals surface area contributed by atoms with Crippen molar-refractivity contribution in [2.24, 2.45) is 5.92 Å². The fourth-order valence-electron chi connectivity index (χ4n) is 3.03. The third-order valence-corrected chi connectivity index (χ3v) is 4.79. The Labute approximate surface area is 196 Å². The van der Waals surface area contributed by atoms with Crippen molar-refractivity contribution in [2.45, 2.75) is 26.3 Å². The van der Waals surface area contributed by atoms with Crippen LogP contribution in [0.2, 0.25) is 0 Å². The van der Waals surface area contributed by atoms with Gasteiger partial charge in [-0.1, -0.05) is 6.07 Å². The number of ether oxygens (including phenoxy) is 1. The molecule has 0 radical (unpaired) electrons. The molecule has 0 aliphatic heterocycles. The van der Waals surface area contributed by atoms with Gasteiger partial charge in [0, 0.05) is 38.0 Å². The standard InChI is InChI=1S/C20H21N7O4.Zn/c1-3-27-10-21-18(26-27)12-5-4-6-13(17(12)31-2)22-14-9-15(23-19(28)11-7-8-11)24-25-16(14)20(29)30;/h4-6,9-11H,3,7-8H2,1-2H3,(H,29,30)(H2,22,23,24,28);. The van der Waals surface area contributed by atoms with E-state index in [9.17, 15) is 14.7 Å². The second kappa shape index (κ2) is 9.82. The minimum absolute atomic E-state index is 0. The number of hydrogen-bond donors (Lipinski definition) is 3. The van der Waals surface area contributed by atoms with Gasteiger partial charge in [-0.15, -0.1) is 10.2 Å². The number of aromatic carboxylic acids is 1. The van der Waals surface area contributed by atoms with E-state index in [4.69, 9.17) is 4.74 Å². The molecule has 3 aromatic rings. The zero-order valence-electron chi connectivity index (χ0n) is 17.7. The van der Waals surface area contributed by atoms with Gasteiger partial charge < -0.3 is 20.5 Å². The van der Waals surface area contributed by atoms with Crippen LogP contribution < -0.4 is 15.4 Å². The number of aryl methyl sites for hydroxylation is 1. The summed E-state index contributed by atoms with van der Waals surface area (Å²) in [5, 5.41) is 27.2. The summed E-state index contributed by atoms with van der Waals surface area (Å²) < 4.78 is 7.27. The van der Waals surface area contributed by atoms with E-state index in [1.54, 1.807) is 23.1 Å². The van der Waals surface area contributed by atoms with Gasteiger partial charge in [0.25, 0.3) is 0 Å². The SMILES string of the molecule is CCn1cnc(-c2cccc(Nc3cc(NC(=O)C4CC4)nnc3C(=O)O)c2OC)n1.[Zn]. The van der Waals surface area contributed by atoms with Crippen molar-refractivity contribution in [3.05, 3.63) is 36.3 Å². The molecule has 0 unspecified atom stereocenters. The molecule has 1 aromatic carbocycles. The van der Waals surface area contributed by atoms with Gasteiger partial charge in [-0.05, 0) is 31.9 Å². The first-order valence-corrected chi connectivity index (χ1v) is 9.75. The van der Waals surface area contributed by atoms with Crippen LogP contribution in [0.3, 0.4) is 0 Å². The van der Waals surface area contributed by atoms with E-state index in [1.807, 2.05) is 13.0 Å². The molecule has 0 atom stereocenters. The van der Waals surface area contributed by atoms with Gasteiger partial charge in [0.05, 0.1) is 24.0 Å². The molecular weight excluding hydrogens is 468 g/mol. The van der Waals surface area contributed by atoms with Gasteiger partial charge in [0.1, 0.15) is 6.33 Å². The van der Waals surface area contributed by atoms with Crippen molar-refractivity contribution >= 4 is 29.1 Å². The van der Waals surface area contributed by atoms with Crippen LogP contribution in [0.25, 0.3) is 11.4 Å². The second-order valence-corrected chi connectivity index (χ2v) is 7.00. The fraction of sp³-hybridized carbons (Fsp3) is 0.300. The number of hydrogen-bond acceptors (Lipinski definition) is 8. The summed E-state index contributed by atoms with van der Waals surface area (Å²) in [6, 6.07) is 6.75. The van der Waals surface area contributed by atoms with Crippen LogP contribution in [0.5, 0.6) is 5.75 Å². The first-order chi connectivity index (χ1) is 15.0. The van der Waals surface area contributed by atoms with E-state index in [0.717, 1.165) is 12.8 Å². The molecule has 1 aliphatic carbocycles. The van der Waals surface area contributed by atoms with Crippen molar-refractivity contribution in [3.8, 4) is 17.1 Å². The van der Waals surface area contributed by atoms with E-state index in [-0.39, 0.29) is 48.5 Å². The molecule has 0 bridgehead atoms. The molecule has 32 heavy (non-hydrogen) atoms. The fourth-order valence-corrected chi connectivity index (χ4v) is 3.03. The Bertz CT molecular complexity index is 1150. The Balaban J connectivity index is 0.00000289. The number of carbonyl (C=O) groups is 2. The van der Waals surface area contributed by atoms with Gasteiger partial charge in [0.2, 0.25) is 5.91 Å². The molecule has 1 fully saturated rings. The molecule has 3 N–H and O–H groups in total. The van der Waals surface area contributed by atoms with Crippen molar-refractivity contribution in [1.29, 1.82) is 0 Å². The van der Waals surface area contributed by atoms with E-state index in [1.165, 1.54) is 13.2 Å². The van der Waals surface area contributed by atoms with Crippen molar-refractivity contribution in [2.75, 3.05) is 17.7 Å². The number of carboxylic acid groups (broad SMARTS) is 1. The Morgan fingerprint density at radius 2 is 2.03 bits per heavy atom. The molecule has 2 aromatic heterocycles. The molecule has 0 spiro atoms. The van der Waals surface area contributed by atoms with Crippen LogP contribution in [-0.2, 0) is 30.8 Å². The first-order valence-electron chi connectivity index (χ1n) is 9.75. The number of amides is 1. The number of para-hydroxylation sites is 1. The summed E-state index contributed by atoms with van der Waals surface area (Å²) in [4.78, 5) is 28.0. The first kappa shape index (κ1) is 23.3. The number of benzene rings is 1. The maximum atomic E-state index is 12.0. The number of nitrogens with one attached hydrogen (secondary N) is 2. The van der Waals surface area contributed by atoms with Crippen molar-refractivity contribution in [3.63, 3.8) is 0 Å². The number of rotatable bonds is 8. The maximum absolute atomic E-state index is 12.0. The Morgan fingerprint density at radius 1 is 1.25 bits per heavy atom. The molecule has 1 amide bonds. The molecule has 1 aliphatic rings. The number of methoxy groups -OCH3 is 1. The monoisotopic (exact) mass is 487 g/mol. The number of nitrogens with zero attached hydrogens (tertiary/aromatic N) is 5. The van der Waals surface area contributed by atoms with Gasteiger partial charge >= 0.3 is 5.97 Å². The summed E-state index contributed by atoms with van der Waals surface area (Å²) in [5.41, 5.74) is 1.00. The van der Waals surface area contributed by atoms with Crippen LogP contribution in [0.15, 0.2) is 30.6 Å². The molecule has 11 nitrogen and oxygen atoms in total. The number of aromatic nitrogens is 5. The van der Waals surface area contributed by atoms with Crippen LogP contribution in [0.4, 0.5) is 17.2 Å². The smallest absolute Gasteiger partial charge is 0.358 e. The molecule has 12 heteroatoms. The number of carbonyl (C=O) groups excluding carboxylic acids is 1. The largest absolute Gasteiger partial charge is 0.494 e. The molecule has 2 heterocycles. The van der Waals surface area contributed by atoms with Gasteiger partial charge in [-0.25, -0.2) is 9.78 Å². The van der Waals surface area contributed by atoms with Crippen LogP contribution in [-0.4, -0.2) is 49.1 Å². The summed E-state index contributed by atoms with van der Waals surface area (Å²) in [6.45, 7) is 2.63. The van der Waals surface area contributed by atoms with E-state index >= 15 is 0 Å². The summed E-state index contributed by atoms with van der Waals surface area (Å²) in [5.74, 6) is -0.347. The van der Waals surface area contributed by atoms with Crippen LogP contribution >= 0.6 is 0 Å². The summed E-state index contributed by atoms with van der Waals surface area (Å²) in [6.07, 6.45) is 3.30. The van der Waals surface area contributed by atoms with Gasteiger partial charge in [-0.2, -0.15) is 5.10 Å². The van der Waals surface area contributed by atoms with Crippen molar-refractivity contribution < 1.29 is 38.9 Å². The molecule has 4 rings (SSSR count). The summed E-state index contributed by atoms with van der Waals surface area (Å²) in [7, 11) is 1.50. The Kier molecular flexibility index (Phi) is 7.14. The average molecular weight is 489 g/mol. The predicted molar refractivity (Wildman–Crippen MR) is 111 cm³/mol. The molecule has 0 saturated heterocycles. The molecular formula is C20H21N7O4Zn. The predicted octanol–water partition coefficient (Wildman–Crippen LogP) is 2.55. The normalized spacial score (nSPS) is 12.6. The van der Waals surface area contributed by atoms with Gasteiger partial charge in [0.15, 0.2) is 23.1 Å². The van der Waals surface area contributed by atoms with Crippen LogP contribution in [0.1, 0.15) is 30.3 Å². The number of anilines is 3. The second-order valence-electron chi connectivity index (χ2n) is 7.00. The zero-order chi connectivity index (χ0) is 22.0. The van der Waals surface area contributed by atoms with Crippen LogP contribution in [0, 0.1) is 5.92 Å². The topological polar surface area (TPSA) is 144 Å². The zero-order valence-corrected chi connectivity index (χ0v) is 20.7. The van der Waals surface area contributed by atoms with E-state index < -0.39 is 5.97 Å². The average Bonchev–Trinajstić information content (AvgIpc) is 3.51. The Hall–Kier alpha value is -3.40. The third kappa shape index (κ3) is 4.91. The van der Waals surface area contributed by atoms with Crippen molar-refractivity contribution in [1.82, 2.24) is 25.0 Å². The molecule has 1 saturated carbocycles.